The van der Waals surface area contributed by atoms with E-state index in [1.54, 1.807) is 0 Å². The summed E-state index contributed by atoms with van der Waals surface area (Å²) in [6, 6.07) is 6.64. The fourth-order valence-electron chi connectivity index (χ4n) is 5.19. The molecule has 1 aliphatic heterocycles. The van der Waals surface area contributed by atoms with Crippen molar-refractivity contribution in [3.63, 3.8) is 0 Å². The third kappa shape index (κ3) is 2.41. The van der Waals surface area contributed by atoms with Crippen LogP contribution in [0.25, 0.3) is 10.9 Å². The zero-order chi connectivity index (χ0) is 17.8. The Morgan fingerprint density at radius 2 is 2.23 bits per heavy atom. The number of hydrogen-bond acceptors (Lipinski definition) is 4. The van der Waals surface area contributed by atoms with Gasteiger partial charge in [0.1, 0.15) is 0 Å². The number of ether oxygens (including phenoxy) is 1. The lowest BCUT2D eigenvalue weighted by Crippen LogP contribution is -2.52. The van der Waals surface area contributed by atoms with Gasteiger partial charge in [0, 0.05) is 36.0 Å². The average molecular weight is 352 g/mol. The maximum Gasteiger partial charge on any atom is 0.309 e. The number of rotatable bonds is 4. The lowest BCUT2D eigenvalue weighted by Gasteiger charge is -2.46. The van der Waals surface area contributed by atoms with Gasteiger partial charge in [-0.15, -0.1) is 0 Å². The van der Waals surface area contributed by atoms with Crippen molar-refractivity contribution >= 4 is 23.2 Å². The topological polar surface area (TPSA) is 62.4 Å². The van der Waals surface area contributed by atoms with E-state index in [9.17, 15) is 9.59 Å². The zero-order valence-electron chi connectivity index (χ0n) is 15.0. The number of H-pyrrole nitrogens is 1. The minimum atomic E-state index is -0.0927. The SMILES string of the molecule is COC(=O)[C@H]1CC2c3cccc4[nH]c(C=O)c(c34)C[C@H]2N(CC2CC2)C1. The highest BCUT2D eigenvalue weighted by Crippen LogP contribution is 2.46. The predicted molar refractivity (Wildman–Crippen MR) is 98.3 cm³/mol. The van der Waals surface area contributed by atoms with E-state index in [1.165, 1.54) is 30.9 Å². The number of carbonyl (C=O) groups is 2. The number of aromatic amines is 1. The fraction of sp³-hybridized carbons (Fsp3) is 0.524. The molecule has 0 spiro atoms. The summed E-state index contributed by atoms with van der Waals surface area (Å²) in [7, 11) is 1.49. The molecule has 26 heavy (non-hydrogen) atoms. The molecule has 2 heterocycles. The van der Waals surface area contributed by atoms with Crippen LogP contribution in [0.3, 0.4) is 0 Å². The van der Waals surface area contributed by atoms with Crippen molar-refractivity contribution in [2.75, 3.05) is 20.2 Å². The normalized spacial score (nSPS) is 28.0. The van der Waals surface area contributed by atoms with Crippen molar-refractivity contribution < 1.29 is 14.3 Å². The van der Waals surface area contributed by atoms with E-state index in [-0.39, 0.29) is 11.9 Å². The molecule has 1 aromatic carbocycles. The van der Waals surface area contributed by atoms with Crippen molar-refractivity contribution in [2.45, 2.75) is 37.6 Å². The van der Waals surface area contributed by atoms with E-state index in [0.717, 1.165) is 49.2 Å². The highest BCUT2D eigenvalue weighted by atomic mass is 16.5. The van der Waals surface area contributed by atoms with E-state index in [2.05, 4.69) is 22.0 Å². The van der Waals surface area contributed by atoms with Crippen LogP contribution in [-0.2, 0) is 16.0 Å². The second-order valence-corrected chi connectivity index (χ2v) is 8.14. The largest absolute Gasteiger partial charge is 0.469 e. The number of carbonyl (C=O) groups excluding carboxylic acids is 2. The van der Waals surface area contributed by atoms with Gasteiger partial charge in [0.05, 0.1) is 18.7 Å². The Morgan fingerprint density at radius 1 is 1.38 bits per heavy atom. The van der Waals surface area contributed by atoms with Gasteiger partial charge in [-0.2, -0.15) is 0 Å². The number of methoxy groups -OCH3 is 1. The highest BCUT2D eigenvalue weighted by molar-refractivity contribution is 5.95. The summed E-state index contributed by atoms with van der Waals surface area (Å²) in [5.41, 5.74) is 4.19. The minimum absolute atomic E-state index is 0.0683. The van der Waals surface area contributed by atoms with Gasteiger partial charge in [0.25, 0.3) is 0 Å². The number of nitrogens with one attached hydrogen (secondary N) is 1. The molecule has 0 radical (unpaired) electrons. The lowest BCUT2D eigenvalue weighted by atomic mass is 9.72. The summed E-state index contributed by atoms with van der Waals surface area (Å²) in [6.45, 7) is 1.83. The van der Waals surface area contributed by atoms with Crippen molar-refractivity contribution in [1.82, 2.24) is 9.88 Å². The van der Waals surface area contributed by atoms with E-state index in [4.69, 9.17) is 4.74 Å². The molecule has 0 amide bonds. The fourth-order valence-corrected chi connectivity index (χ4v) is 5.19. The summed E-state index contributed by atoms with van der Waals surface area (Å²) >= 11 is 0. The van der Waals surface area contributed by atoms with Crippen molar-refractivity contribution in [1.29, 1.82) is 0 Å². The van der Waals surface area contributed by atoms with E-state index < -0.39 is 0 Å². The molecule has 5 rings (SSSR count). The first-order valence-corrected chi connectivity index (χ1v) is 9.60. The number of benzene rings is 1. The Balaban J connectivity index is 1.60. The summed E-state index contributed by atoms with van der Waals surface area (Å²) < 4.78 is 5.08. The van der Waals surface area contributed by atoms with Crippen molar-refractivity contribution in [3.05, 3.63) is 35.0 Å². The Labute approximate surface area is 152 Å². The Hall–Kier alpha value is -2.14. The molecule has 2 fully saturated rings. The molecule has 5 nitrogen and oxygen atoms in total. The van der Waals surface area contributed by atoms with Gasteiger partial charge < -0.3 is 9.72 Å². The van der Waals surface area contributed by atoms with E-state index in [0.29, 0.717) is 17.7 Å². The average Bonchev–Trinajstić information content (AvgIpc) is 3.41. The maximum absolute atomic E-state index is 12.3. The van der Waals surface area contributed by atoms with Gasteiger partial charge in [-0.3, -0.25) is 14.5 Å². The number of esters is 1. The third-order valence-corrected chi connectivity index (χ3v) is 6.57. The van der Waals surface area contributed by atoms with Crippen molar-refractivity contribution in [2.24, 2.45) is 11.8 Å². The Bertz CT molecular complexity index is 883. The van der Waals surface area contributed by atoms with Crippen LogP contribution in [0.15, 0.2) is 18.2 Å². The van der Waals surface area contributed by atoms with Crippen LogP contribution in [0.1, 0.15) is 46.8 Å². The molecule has 2 aromatic rings. The molecular formula is C21H24N2O3. The summed E-state index contributed by atoms with van der Waals surface area (Å²) in [6.07, 6.45) is 5.25. The Kier molecular flexibility index (Phi) is 3.67. The molecule has 1 aromatic heterocycles. The molecule has 3 atom stereocenters. The zero-order valence-corrected chi connectivity index (χ0v) is 15.0. The molecule has 1 N–H and O–H groups in total. The van der Waals surface area contributed by atoms with Crippen LogP contribution in [0.2, 0.25) is 0 Å². The first-order valence-electron chi connectivity index (χ1n) is 9.60. The molecule has 136 valence electrons. The van der Waals surface area contributed by atoms with Crippen molar-refractivity contribution in [3.8, 4) is 0 Å². The Morgan fingerprint density at radius 3 is 2.96 bits per heavy atom. The number of fused-ring (bicyclic) bond motifs is 2. The molecule has 1 saturated heterocycles. The number of aromatic nitrogens is 1. The van der Waals surface area contributed by atoms with Crippen LogP contribution in [0.5, 0.6) is 0 Å². The lowest BCUT2D eigenvalue weighted by molar-refractivity contribution is -0.148. The van der Waals surface area contributed by atoms with Crippen LogP contribution in [0, 0.1) is 11.8 Å². The number of hydrogen-bond donors (Lipinski definition) is 1. The van der Waals surface area contributed by atoms with Crippen LogP contribution >= 0.6 is 0 Å². The number of piperidine rings is 1. The molecule has 3 aliphatic rings. The first kappa shape index (κ1) is 16.1. The molecule has 2 aliphatic carbocycles. The van der Waals surface area contributed by atoms with Gasteiger partial charge in [-0.05, 0) is 48.8 Å². The summed E-state index contributed by atoms with van der Waals surface area (Å²) in [5, 5.41) is 1.20. The minimum Gasteiger partial charge on any atom is -0.469 e. The highest BCUT2D eigenvalue weighted by Gasteiger charge is 2.44. The van der Waals surface area contributed by atoms with Crippen LogP contribution in [0.4, 0.5) is 0 Å². The first-order chi connectivity index (χ1) is 12.7. The van der Waals surface area contributed by atoms with Crippen LogP contribution < -0.4 is 0 Å². The predicted octanol–water partition coefficient (Wildman–Crippen LogP) is 2.89. The maximum atomic E-state index is 12.3. The standard InChI is InChI=1S/C21H24N2O3/c1-26-21(25)13-7-15-14-3-2-4-17-20(14)16(18(11-24)22-17)8-19(15)23(10-13)9-12-5-6-12/h2-4,11-13,15,19,22H,5-10H2,1H3/t13-,15?,19+/m0/s1. The molecule has 0 bridgehead atoms. The van der Waals surface area contributed by atoms with E-state index >= 15 is 0 Å². The number of aldehydes is 1. The second kappa shape index (κ2) is 5.95. The van der Waals surface area contributed by atoms with Crippen LogP contribution in [-0.4, -0.2) is 48.4 Å². The quantitative estimate of drug-likeness (QED) is 0.679. The number of likely N-dealkylation sites (tertiary alicyclic amines) is 1. The van der Waals surface area contributed by atoms with Gasteiger partial charge in [-0.1, -0.05) is 12.1 Å². The molecule has 1 saturated carbocycles. The van der Waals surface area contributed by atoms with Gasteiger partial charge in [0.2, 0.25) is 0 Å². The second-order valence-electron chi connectivity index (χ2n) is 8.14. The molecule has 5 heteroatoms. The summed E-state index contributed by atoms with van der Waals surface area (Å²) in [5.74, 6) is 0.922. The van der Waals surface area contributed by atoms with Gasteiger partial charge in [0.15, 0.2) is 6.29 Å². The van der Waals surface area contributed by atoms with Gasteiger partial charge in [-0.25, -0.2) is 0 Å². The molecule has 1 unspecified atom stereocenters. The van der Waals surface area contributed by atoms with Gasteiger partial charge >= 0.3 is 5.97 Å². The number of nitrogens with zero attached hydrogens (tertiary/aromatic N) is 1. The summed E-state index contributed by atoms with van der Waals surface area (Å²) in [4.78, 5) is 29.7. The monoisotopic (exact) mass is 352 g/mol. The smallest absolute Gasteiger partial charge is 0.309 e. The van der Waals surface area contributed by atoms with E-state index in [1.807, 2.05) is 6.07 Å². The third-order valence-electron chi connectivity index (χ3n) is 6.57. The molecular weight excluding hydrogens is 328 g/mol.